The molecule has 3 heteroatoms. The van der Waals surface area contributed by atoms with E-state index in [1.165, 1.54) is 0 Å². The van der Waals surface area contributed by atoms with Crippen LogP contribution in [0.5, 0.6) is 0 Å². The number of hydrogen-bond acceptors (Lipinski definition) is 2. The highest BCUT2D eigenvalue weighted by molar-refractivity contribution is 6.08. The number of hydrogen-bond donors (Lipinski definition) is 1. The zero-order valence-electron chi connectivity index (χ0n) is 9.68. The van der Waals surface area contributed by atoms with Gasteiger partial charge in [0.05, 0.1) is 5.41 Å². The third-order valence-corrected chi connectivity index (χ3v) is 2.22. The molecule has 0 radical (unpaired) electrons. The summed E-state index contributed by atoms with van der Waals surface area (Å²) in [6.45, 7) is 7.71. The third kappa shape index (κ3) is 2.55. The first-order valence-electron chi connectivity index (χ1n) is 5.02. The van der Waals surface area contributed by atoms with Crippen molar-refractivity contribution in [2.45, 2.75) is 34.1 Å². The summed E-state index contributed by atoms with van der Waals surface area (Å²) < 4.78 is 0. The lowest BCUT2D eigenvalue weighted by molar-refractivity contribution is -0.126. The molecule has 1 aliphatic rings. The van der Waals surface area contributed by atoms with Gasteiger partial charge in [0.1, 0.15) is 0 Å². The standard InChI is InChI=1S/C12H17NO2/c1-8(2)5-12(6-9(3)4)7-10(14)13-11(12)15/h5-6H,7H2,1-4H3,(H,13,14,15). The highest BCUT2D eigenvalue weighted by Crippen LogP contribution is 2.33. The Labute approximate surface area is 90.2 Å². The van der Waals surface area contributed by atoms with Crippen LogP contribution in [-0.2, 0) is 9.59 Å². The van der Waals surface area contributed by atoms with Crippen LogP contribution in [-0.4, -0.2) is 11.8 Å². The van der Waals surface area contributed by atoms with E-state index in [9.17, 15) is 9.59 Å². The maximum Gasteiger partial charge on any atom is 0.240 e. The maximum absolute atomic E-state index is 11.8. The minimum Gasteiger partial charge on any atom is -0.295 e. The van der Waals surface area contributed by atoms with Crippen LogP contribution in [0.4, 0.5) is 0 Å². The molecule has 1 fully saturated rings. The second-order valence-corrected chi connectivity index (χ2v) is 4.54. The van der Waals surface area contributed by atoms with Gasteiger partial charge in [0.2, 0.25) is 11.8 Å². The van der Waals surface area contributed by atoms with Gasteiger partial charge in [-0.15, -0.1) is 0 Å². The van der Waals surface area contributed by atoms with Gasteiger partial charge in [-0.1, -0.05) is 23.3 Å². The van der Waals surface area contributed by atoms with Gasteiger partial charge in [-0.3, -0.25) is 14.9 Å². The number of carbonyl (C=O) groups excluding carboxylic acids is 2. The molecule has 0 aromatic rings. The Hall–Kier alpha value is -1.38. The molecule has 3 nitrogen and oxygen atoms in total. The van der Waals surface area contributed by atoms with Crippen molar-refractivity contribution in [1.82, 2.24) is 5.32 Å². The Morgan fingerprint density at radius 2 is 1.60 bits per heavy atom. The highest BCUT2D eigenvalue weighted by atomic mass is 16.2. The van der Waals surface area contributed by atoms with Crippen molar-refractivity contribution in [3.63, 3.8) is 0 Å². The number of imide groups is 1. The minimum atomic E-state index is -0.755. The molecule has 1 heterocycles. The van der Waals surface area contributed by atoms with Crippen LogP contribution in [0.1, 0.15) is 34.1 Å². The van der Waals surface area contributed by atoms with E-state index in [2.05, 4.69) is 5.32 Å². The summed E-state index contributed by atoms with van der Waals surface area (Å²) in [4.78, 5) is 23.0. The summed E-state index contributed by atoms with van der Waals surface area (Å²) in [5.41, 5.74) is 1.32. The first kappa shape index (κ1) is 11.7. The normalized spacial score (nSPS) is 18.4. The lowest BCUT2D eigenvalue weighted by atomic mass is 9.83. The molecule has 1 N–H and O–H groups in total. The van der Waals surface area contributed by atoms with Gasteiger partial charge in [-0.2, -0.15) is 0 Å². The largest absolute Gasteiger partial charge is 0.295 e. The van der Waals surface area contributed by atoms with Crippen molar-refractivity contribution in [3.05, 3.63) is 23.3 Å². The summed E-state index contributed by atoms with van der Waals surface area (Å²) in [5.74, 6) is -0.412. The van der Waals surface area contributed by atoms with Gasteiger partial charge in [-0.25, -0.2) is 0 Å². The molecule has 15 heavy (non-hydrogen) atoms. The minimum absolute atomic E-state index is 0.199. The van der Waals surface area contributed by atoms with Gasteiger partial charge in [0.15, 0.2) is 0 Å². The van der Waals surface area contributed by atoms with Crippen molar-refractivity contribution in [2.75, 3.05) is 0 Å². The summed E-state index contributed by atoms with van der Waals surface area (Å²) in [5, 5.41) is 2.35. The van der Waals surface area contributed by atoms with Gasteiger partial charge >= 0.3 is 0 Å². The average Bonchev–Trinajstić information content (AvgIpc) is 2.22. The van der Waals surface area contributed by atoms with Gasteiger partial charge < -0.3 is 0 Å². The smallest absolute Gasteiger partial charge is 0.240 e. The fraction of sp³-hybridized carbons (Fsp3) is 0.500. The summed E-state index contributed by atoms with van der Waals surface area (Å²) >= 11 is 0. The first-order chi connectivity index (χ1) is 6.85. The Morgan fingerprint density at radius 1 is 1.13 bits per heavy atom. The molecule has 0 bridgehead atoms. The van der Waals surface area contributed by atoms with Crippen LogP contribution >= 0.6 is 0 Å². The summed E-state index contributed by atoms with van der Waals surface area (Å²) in [7, 11) is 0. The van der Waals surface area contributed by atoms with E-state index in [4.69, 9.17) is 0 Å². The van der Waals surface area contributed by atoms with Crippen LogP contribution in [0.25, 0.3) is 0 Å². The second-order valence-electron chi connectivity index (χ2n) is 4.54. The van der Waals surface area contributed by atoms with E-state index in [-0.39, 0.29) is 18.2 Å². The molecule has 0 spiro atoms. The van der Waals surface area contributed by atoms with Gasteiger partial charge in [0, 0.05) is 6.42 Å². The molecule has 0 saturated carbocycles. The van der Waals surface area contributed by atoms with E-state index in [1.54, 1.807) is 0 Å². The molecule has 1 rings (SSSR count). The molecule has 0 unspecified atom stereocenters. The fourth-order valence-corrected chi connectivity index (χ4v) is 1.94. The number of rotatable bonds is 2. The van der Waals surface area contributed by atoms with Gasteiger partial charge in [0.25, 0.3) is 0 Å². The monoisotopic (exact) mass is 207 g/mol. The van der Waals surface area contributed by atoms with Crippen LogP contribution in [0.2, 0.25) is 0 Å². The first-order valence-corrected chi connectivity index (χ1v) is 5.02. The molecule has 82 valence electrons. The Morgan fingerprint density at radius 3 is 1.87 bits per heavy atom. The Balaban J connectivity index is 3.19. The van der Waals surface area contributed by atoms with E-state index < -0.39 is 5.41 Å². The molecule has 0 atom stereocenters. The molecule has 2 amide bonds. The van der Waals surface area contributed by atoms with E-state index in [0.29, 0.717) is 0 Å². The van der Waals surface area contributed by atoms with Crippen LogP contribution in [0.3, 0.4) is 0 Å². The number of carbonyl (C=O) groups is 2. The van der Waals surface area contributed by atoms with Crippen molar-refractivity contribution in [1.29, 1.82) is 0 Å². The van der Waals surface area contributed by atoms with Crippen molar-refractivity contribution in [3.8, 4) is 0 Å². The second kappa shape index (κ2) is 4.01. The van der Waals surface area contributed by atoms with Crippen LogP contribution in [0.15, 0.2) is 23.3 Å². The van der Waals surface area contributed by atoms with Gasteiger partial charge in [-0.05, 0) is 27.7 Å². The van der Waals surface area contributed by atoms with Crippen molar-refractivity contribution in [2.24, 2.45) is 5.41 Å². The lowest BCUT2D eigenvalue weighted by Gasteiger charge is -2.18. The summed E-state index contributed by atoms with van der Waals surface area (Å²) in [6.07, 6.45) is 3.95. The van der Waals surface area contributed by atoms with E-state index >= 15 is 0 Å². The molecule has 0 aromatic heterocycles. The topological polar surface area (TPSA) is 46.2 Å². The van der Waals surface area contributed by atoms with Crippen molar-refractivity contribution < 1.29 is 9.59 Å². The third-order valence-electron chi connectivity index (χ3n) is 2.22. The van der Waals surface area contributed by atoms with Crippen LogP contribution < -0.4 is 5.32 Å². The molecule has 1 aliphatic heterocycles. The fourth-order valence-electron chi connectivity index (χ4n) is 1.94. The van der Waals surface area contributed by atoms with E-state index in [0.717, 1.165) is 11.1 Å². The van der Waals surface area contributed by atoms with Crippen molar-refractivity contribution >= 4 is 11.8 Å². The summed E-state index contributed by atoms with van der Waals surface area (Å²) in [6, 6.07) is 0. The Bertz CT molecular complexity index is 338. The quantitative estimate of drug-likeness (QED) is 0.555. The molecule has 1 saturated heterocycles. The Kier molecular flexibility index (Phi) is 3.12. The van der Waals surface area contributed by atoms with E-state index in [1.807, 2.05) is 39.8 Å². The SMILES string of the molecule is CC(C)=CC1(C=C(C)C)CC(=O)NC1=O. The highest BCUT2D eigenvalue weighted by Gasteiger charge is 2.42. The average molecular weight is 207 g/mol. The zero-order chi connectivity index (χ0) is 11.6. The molecular formula is C12H17NO2. The molecule has 0 aromatic carbocycles. The molecule has 0 aliphatic carbocycles. The predicted octanol–water partition coefficient (Wildman–Crippen LogP) is 1.95. The maximum atomic E-state index is 11.8. The number of amides is 2. The lowest BCUT2D eigenvalue weighted by Crippen LogP contribution is -2.28. The van der Waals surface area contributed by atoms with Crippen LogP contribution in [0, 0.1) is 5.41 Å². The zero-order valence-corrected chi connectivity index (χ0v) is 9.68. The number of nitrogens with one attached hydrogen (secondary N) is 1. The molecular weight excluding hydrogens is 190 g/mol. The number of allylic oxidation sites excluding steroid dienone is 2. The predicted molar refractivity (Wildman–Crippen MR) is 59.1 cm³/mol.